The number of aromatic nitrogens is 4. The van der Waals surface area contributed by atoms with Gasteiger partial charge in [0.05, 0.1) is 27.1 Å². The average Bonchev–Trinajstić information content (AvgIpc) is 3.37. The van der Waals surface area contributed by atoms with Crippen molar-refractivity contribution in [3.8, 4) is 22.6 Å². The second-order valence-electron chi connectivity index (χ2n) is 7.77. The van der Waals surface area contributed by atoms with E-state index in [1.54, 1.807) is 12.3 Å². The Balaban J connectivity index is 1.69. The molecule has 0 unspecified atom stereocenters. The van der Waals surface area contributed by atoms with Crippen LogP contribution in [0.25, 0.3) is 28.3 Å². The number of rotatable bonds is 4. The zero-order valence-corrected chi connectivity index (χ0v) is 18.1. The zero-order chi connectivity index (χ0) is 20.7. The maximum atomic E-state index is 6.48. The van der Waals surface area contributed by atoms with Gasteiger partial charge in [-0.2, -0.15) is 0 Å². The van der Waals surface area contributed by atoms with Crippen LogP contribution in [-0.2, 0) is 0 Å². The molecule has 3 aromatic heterocycles. The van der Waals surface area contributed by atoms with Gasteiger partial charge in [-0.1, -0.05) is 65.9 Å². The van der Waals surface area contributed by atoms with Crippen molar-refractivity contribution in [3.63, 3.8) is 0 Å². The summed E-state index contributed by atoms with van der Waals surface area (Å²) >= 11 is 12.8. The van der Waals surface area contributed by atoms with Crippen molar-refractivity contribution in [2.75, 3.05) is 5.32 Å². The molecule has 7 heteroatoms. The van der Waals surface area contributed by atoms with Crippen molar-refractivity contribution in [2.45, 2.75) is 38.6 Å². The summed E-state index contributed by atoms with van der Waals surface area (Å²) in [7, 11) is 0. The maximum absolute atomic E-state index is 6.48. The number of fused-ring (bicyclic) bond motifs is 1. The summed E-state index contributed by atoms with van der Waals surface area (Å²) in [4.78, 5) is 14.1. The summed E-state index contributed by atoms with van der Waals surface area (Å²) in [5.41, 5.74) is 5.26. The van der Waals surface area contributed by atoms with E-state index in [-0.39, 0.29) is 0 Å². The molecule has 1 saturated carbocycles. The van der Waals surface area contributed by atoms with E-state index in [0.717, 1.165) is 35.5 Å². The Hall–Kier alpha value is -2.63. The van der Waals surface area contributed by atoms with Crippen LogP contribution in [0.15, 0.2) is 48.8 Å². The van der Waals surface area contributed by atoms with E-state index < -0.39 is 0 Å². The molecule has 0 bridgehead atoms. The number of nitrogens with one attached hydrogen (secondary N) is 1. The van der Waals surface area contributed by atoms with Gasteiger partial charge in [0.2, 0.25) is 5.95 Å². The van der Waals surface area contributed by atoms with E-state index in [2.05, 4.69) is 41.5 Å². The van der Waals surface area contributed by atoms with Gasteiger partial charge < -0.3 is 5.32 Å². The van der Waals surface area contributed by atoms with Gasteiger partial charge in [-0.15, -0.1) is 0 Å². The van der Waals surface area contributed by atoms with Crippen LogP contribution in [0.1, 0.15) is 31.2 Å². The number of nitrogens with zero attached hydrogens (tertiary/aromatic N) is 4. The SMILES string of the molecule is Cc1ccc(-c2nc3c(Cl)cc(Cl)cn3c2-c2ccnc(NC3CCCC3)n2)cc1. The monoisotopic (exact) mass is 437 g/mol. The molecule has 5 nitrogen and oxygen atoms in total. The fourth-order valence-electron chi connectivity index (χ4n) is 4.04. The smallest absolute Gasteiger partial charge is 0.223 e. The highest BCUT2D eigenvalue weighted by atomic mass is 35.5. The van der Waals surface area contributed by atoms with Crippen LogP contribution in [0.4, 0.5) is 5.95 Å². The number of aryl methyl sites for hydroxylation is 1. The number of benzene rings is 1. The van der Waals surface area contributed by atoms with Gasteiger partial charge in [0.25, 0.3) is 0 Å². The number of halogens is 2. The predicted octanol–water partition coefficient (Wildman–Crippen LogP) is 6.43. The maximum Gasteiger partial charge on any atom is 0.223 e. The van der Waals surface area contributed by atoms with Crippen LogP contribution in [0, 0.1) is 6.92 Å². The number of imidazole rings is 1. The zero-order valence-electron chi connectivity index (χ0n) is 16.6. The fourth-order valence-corrected chi connectivity index (χ4v) is 4.56. The topological polar surface area (TPSA) is 55.1 Å². The lowest BCUT2D eigenvalue weighted by atomic mass is 10.1. The number of pyridine rings is 1. The first-order valence-electron chi connectivity index (χ1n) is 10.1. The van der Waals surface area contributed by atoms with Crippen LogP contribution in [0.5, 0.6) is 0 Å². The second-order valence-corrected chi connectivity index (χ2v) is 8.61. The quantitative estimate of drug-likeness (QED) is 0.399. The molecule has 1 N–H and O–H groups in total. The first-order valence-corrected chi connectivity index (χ1v) is 10.9. The van der Waals surface area contributed by atoms with Crippen molar-refractivity contribution < 1.29 is 0 Å². The molecule has 1 aliphatic carbocycles. The largest absolute Gasteiger partial charge is 0.351 e. The van der Waals surface area contributed by atoms with E-state index in [1.807, 2.05) is 16.7 Å². The van der Waals surface area contributed by atoms with Crippen LogP contribution < -0.4 is 5.32 Å². The van der Waals surface area contributed by atoms with Gasteiger partial charge in [-0.3, -0.25) is 4.40 Å². The third kappa shape index (κ3) is 3.64. The van der Waals surface area contributed by atoms with Gasteiger partial charge in [0.15, 0.2) is 5.65 Å². The summed E-state index contributed by atoms with van der Waals surface area (Å²) in [6, 6.07) is 12.3. The van der Waals surface area contributed by atoms with E-state index in [1.165, 1.54) is 18.4 Å². The lowest BCUT2D eigenvalue weighted by Crippen LogP contribution is -2.16. The summed E-state index contributed by atoms with van der Waals surface area (Å²) < 4.78 is 1.92. The van der Waals surface area contributed by atoms with Crippen molar-refractivity contribution in [2.24, 2.45) is 0 Å². The van der Waals surface area contributed by atoms with Crippen LogP contribution in [-0.4, -0.2) is 25.4 Å². The standard InChI is InChI=1S/C23H21Cl2N5/c1-14-6-8-15(9-7-14)20-21(30-13-16(24)12-18(25)22(30)29-20)19-10-11-26-23(28-19)27-17-4-2-3-5-17/h6-13,17H,2-5H2,1H3,(H,26,27,28). The van der Waals surface area contributed by atoms with E-state index in [9.17, 15) is 0 Å². The highest BCUT2D eigenvalue weighted by Gasteiger charge is 2.21. The van der Waals surface area contributed by atoms with Gasteiger partial charge in [0, 0.05) is 24.0 Å². The minimum absolute atomic E-state index is 0.433. The normalized spacial score (nSPS) is 14.5. The van der Waals surface area contributed by atoms with E-state index in [0.29, 0.717) is 27.7 Å². The predicted molar refractivity (Wildman–Crippen MR) is 122 cm³/mol. The van der Waals surface area contributed by atoms with E-state index >= 15 is 0 Å². The van der Waals surface area contributed by atoms with Gasteiger partial charge in [-0.25, -0.2) is 15.0 Å². The Kier molecular flexibility index (Phi) is 5.09. The Morgan fingerprint density at radius 3 is 2.57 bits per heavy atom. The molecule has 1 fully saturated rings. The number of anilines is 1. The minimum Gasteiger partial charge on any atom is -0.351 e. The molecule has 152 valence electrons. The van der Waals surface area contributed by atoms with Crippen molar-refractivity contribution >= 4 is 34.8 Å². The first kappa shape index (κ1) is 19.3. The third-order valence-electron chi connectivity index (χ3n) is 5.55. The highest BCUT2D eigenvalue weighted by Crippen LogP contribution is 2.35. The summed E-state index contributed by atoms with van der Waals surface area (Å²) in [5, 5.41) is 4.52. The third-order valence-corrected chi connectivity index (χ3v) is 6.04. The van der Waals surface area contributed by atoms with Gasteiger partial charge in [-0.05, 0) is 31.9 Å². The molecule has 0 atom stereocenters. The van der Waals surface area contributed by atoms with Crippen LogP contribution in [0.3, 0.4) is 0 Å². The molecular weight excluding hydrogens is 417 g/mol. The molecule has 0 saturated heterocycles. The van der Waals surface area contributed by atoms with Gasteiger partial charge in [0.1, 0.15) is 0 Å². The van der Waals surface area contributed by atoms with Gasteiger partial charge >= 0.3 is 0 Å². The molecule has 5 rings (SSSR count). The summed E-state index contributed by atoms with van der Waals surface area (Å²) in [6.07, 6.45) is 8.42. The van der Waals surface area contributed by atoms with Crippen LogP contribution in [0.2, 0.25) is 10.0 Å². The fraction of sp³-hybridized carbons (Fsp3) is 0.261. The molecule has 1 aromatic carbocycles. The lowest BCUT2D eigenvalue weighted by molar-refractivity contribution is 0.744. The second kappa shape index (κ2) is 7.89. The molecule has 30 heavy (non-hydrogen) atoms. The number of hydrogen-bond donors (Lipinski definition) is 1. The summed E-state index contributed by atoms with van der Waals surface area (Å²) in [6.45, 7) is 2.07. The molecule has 0 radical (unpaired) electrons. The highest BCUT2D eigenvalue weighted by molar-refractivity contribution is 6.36. The van der Waals surface area contributed by atoms with Crippen molar-refractivity contribution in [1.82, 2.24) is 19.4 Å². The van der Waals surface area contributed by atoms with Crippen LogP contribution >= 0.6 is 23.2 Å². The van der Waals surface area contributed by atoms with Crippen molar-refractivity contribution in [1.29, 1.82) is 0 Å². The Morgan fingerprint density at radius 2 is 1.80 bits per heavy atom. The minimum atomic E-state index is 0.433. The Morgan fingerprint density at radius 1 is 1.03 bits per heavy atom. The molecular formula is C23H21Cl2N5. The summed E-state index contributed by atoms with van der Waals surface area (Å²) in [5.74, 6) is 0.636. The lowest BCUT2D eigenvalue weighted by Gasteiger charge is -2.13. The molecule has 1 aliphatic rings. The molecule has 0 aliphatic heterocycles. The Labute approximate surface area is 185 Å². The molecule has 0 spiro atoms. The Bertz CT molecular complexity index is 1210. The van der Waals surface area contributed by atoms with E-state index in [4.69, 9.17) is 33.2 Å². The first-order chi connectivity index (χ1) is 14.6. The molecule has 4 aromatic rings. The average molecular weight is 438 g/mol. The number of hydrogen-bond acceptors (Lipinski definition) is 4. The molecule has 0 amide bonds. The van der Waals surface area contributed by atoms with Crippen molar-refractivity contribution in [3.05, 3.63) is 64.4 Å². The molecule has 3 heterocycles.